The summed E-state index contributed by atoms with van der Waals surface area (Å²) >= 11 is 1.28. The Morgan fingerprint density at radius 3 is 2.88 bits per heavy atom. The number of piperidine rings is 1. The van der Waals surface area contributed by atoms with Gasteiger partial charge < -0.3 is 10.5 Å². The van der Waals surface area contributed by atoms with Crippen LogP contribution in [0, 0.1) is 5.92 Å². The molecule has 0 spiro atoms. The highest BCUT2D eigenvalue weighted by atomic mass is 32.1. The van der Waals surface area contributed by atoms with Crippen LogP contribution in [-0.4, -0.2) is 38.8 Å². The van der Waals surface area contributed by atoms with Crippen LogP contribution >= 0.6 is 11.5 Å². The Morgan fingerprint density at radius 2 is 2.29 bits per heavy atom. The molecule has 0 saturated carbocycles. The summed E-state index contributed by atoms with van der Waals surface area (Å²) in [5.41, 5.74) is 3.53. The average molecular weight is 257 g/mol. The van der Waals surface area contributed by atoms with Gasteiger partial charge in [0, 0.05) is 18.1 Å². The number of hydrogen-bond donors (Lipinski definition) is 3. The summed E-state index contributed by atoms with van der Waals surface area (Å²) in [6, 6.07) is 0. The molecule has 1 fully saturated rings. The van der Waals surface area contributed by atoms with Crippen molar-refractivity contribution in [2.75, 3.05) is 18.5 Å². The molecule has 2 heterocycles. The van der Waals surface area contributed by atoms with Crippen LogP contribution in [-0.2, 0) is 6.54 Å². The Labute approximate surface area is 105 Å². The quantitative estimate of drug-likeness (QED) is 0.535. The molecule has 0 radical (unpaired) electrons. The van der Waals surface area contributed by atoms with E-state index in [9.17, 15) is 5.11 Å². The summed E-state index contributed by atoms with van der Waals surface area (Å²) in [6.07, 6.45) is 1.89. The number of nitrogen functional groups attached to an aromatic ring is 1. The van der Waals surface area contributed by atoms with Crippen LogP contribution in [0.1, 0.15) is 25.5 Å². The first-order chi connectivity index (χ1) is 8.20. The van der Waals surface area contributed by atoms with Crippen molar-refractivity contribution in [3.05, 3.63) is 5.69 Å². The number of anilines is 1. The topological polar surface area (TPSA) is 87.3 Å². The van der Waals surface area contributed by atoms with Crippen molar-refractivity contribution in [3.8, 4) is 0 Å². The molecule has 1 aliphatic heterocycles. The van der Waals surface area contributed by atoms with Crippen LogP contribution in [0.2, 0.25) is 0 Å². The van der Waals surface area contributed by atoms with E-state index in [-0.39, 0.29) is 6.10 Å². The van der Waals surface area contributed by atoms with Gasteiger partial charge in [-0.05, 0) is 38.8 Å². The van der Waals surface area contributed by atoms with Gasteiger partial charge in [0.1, 0.15) is 10.7 Å². The predicted octanol–water partition coefficient (Wildman–Crippen LogP) is 0.416. The lowest BCUT2D eigenvalue weighted by atomic mass is 9.92. The molecule has 0 amide bonds. The van der Waals surface area contributed by atoms with Crippen molar-refractivity contribution in [1.82, 2.24) is 14.5 Å². The molecule has 1 saturated heterocycles. The predicted molar refractivity (Wildman–Crippen MR) is 67.4 cm³/mol. The second-order valence-corrected chi connectivity index (χ2v) is 5.30. The number of hydrazine groups is 1. The van der Waals surface area contributed by atoms with Gasteiger partial charge in [-0.1, -0.05) is 4.49 Å². The van der Waals surface area contributed by atoms with Gasteiger partial charge in [-0.2, -0.15) is 0 Å². The van der Waals surface area contributed by atoms with E-state index < -0.39 is 0 Å². The van der Waals surface area contributed by atoms with E-state index in [1.165, 1.54) is 11.5 Å². The van der Waals surface area contributed by atoms with Crippen LogP contribution < -0.4 is 11.3 Å². The van der Waals surface area contributed by atoms with Gasteiger partial charge in [0.2, 0.25) is 0 Å². The number of aromatic nitrogens is 2. The highest BCUT2D eigenvalue weighted by molar-refractivity contribution is 7.10. The fraction of sp³-hybridized carbons (Fsp3) is 0.800. The molecule has 1 unspecified atom stereocenters. The van der Waals surface area contributed by atoms with Crippen molar-refractivity contribution in [2.24, 2.45) is 11.8 Å². The normalized spacial score (nSPS) is 20.4. The first-order valence-corrected chi connectivity index (χ1v) is 6.66. The van der Waals surface area contributed by atoms with E-state index in [0.717, 1.165) is 43.2 Å². The number of aliphatic hydroxyl groups is 1. The van der Waals surface area contributed by atoms with Gasteiger partial charge >= 0.3 is 0 Å². The first kappa shape index (κ1) is 12.7. The van der Waals surface area contributed by atoms with Crippen molar-refractivity contribution in [1.29, 1.82) is 0 Å². The second-order valence-electron chi connectivity index (χ2n) is 4.55. The molecule has 1 atom stereocenters. The van der Waals surface area contributed by atoms with E-state index in [1.54, 1.807) is 0 Å². The Kier molecular flexibility index (Phi) is 4.27. The van der Waals surface area contributed by atoms with Crippen molar-refractivity contribution < 1.29 is 5.11 Å². The fourth-order valence-corrected chi connectivity index (χ4v) is 2.71. The number of nitrogens with zero attached hydrogens (tertiary/aromatic N) is 3. The van der Waals surface area contributed by atoms with E-state index in [0.29, 0.717) is 5.92 Å². The SMILES string of the molecule is CC(O)C1CCN(Cc2nnsc2NN)CC1. The molecule has 0 aromatic carbocycles. The Bertz CT molecular complexity index is 348. The summed E-state index contributed by atoms with van der Waals surface area (Å²) in [7, 11) is 0. The average Bonchev–Trinajstić information content (AvgIpc) is 2.77. The molecule has 1 aromatic rings. The van der Waals surface area contributed by atoms with Gasteiger partial charge in [0.15, 0.2) is 0 Å². The van der Waals surface area contributed by atoms with Gasteiger partial charge in [-0.15, -0.1) is 5.10 Å². The molecular formula is C10H19N5OS. The van der Waals surface area contributed by atoms with E-state index in [2.05, 4.69) is 19.9 Å². The lowest BCUT2D eigenvalue weighted by Crippen LogP contribution is -2.36. The van der Waals surface area contributed by atoms with Gasteiger partial charge in [-0.25, -0.2) is 5.84 Å². The third-order valence-electron chi connectivity index (χ3n) is 3.37. The minimum Gasteiger partial charge on any atom is -0.393 e. The number of rotatable bonds is 4. The number of hydrogen-bond acceptors (Lipinski definition) is 7. The number of likely N-dealkylation sites (tertiary alicyclic amines) is 1. The monoisotopic (exact) mass is 257 g/mol. The minimum atomic E-state index is -0.195. The maximum Gasteiger partial charge on any atom is 0.148 e. The van der Waals surface area contributed by atoms with Crippen LogP contribution in [0.15, 0.2) is 0 Å². The molecule has 7 heteroatoms. The summed E-state index contributed by atoms with van der Waals surface area (Å²) in [5, 5.41) is 14.4. The highest BCUT2D eigenvalue weighted by Crippen LogP contribution is 2.24. The smallest absolute Gasteiger partial charge is 0.148 e. The molecule has 0 aliphatic carbocycles. The summed E-state index contributed by atoms with van der Waals surface area (Å²) in [6.45, 7) is 4.65. The van der Waals surface area contributed by atoms with E-state index in [1.807, 2.05) is 6.92 Å². The first-order valence-electron chi connectivity index (χ1n) is 5.89. The van der Waals surface area contributed by atoms with Crippen molar-refractivity contribution in [2.45, 2.75) is 32.4 Å². The van der Waals surface area contributed by atoms with E-state index in [4.69, 9.17) is 5.84 Å². The Balaban J connectivity index is 1.86. The molecule has 4 N–H and O–H groups in total. The molecular weight excluding hydrogens is 238 g/mol. The Morgan fingerprint density at radius 1 is 1.59 bits per heavy atom. The maximum atomic E-state index is 9.54. The molecule has 1 aliphatic rings. The van der Waals surface area contributed by atoms with E-state index >= 15 is 0 Å². The lowest BCUT2D eigenvalue weighted by Gasteiger charge is -2.32. The van der Waals surface area contributed by atoms with Crippen molar-refractivity contribution in [3.63, 3.8) is 0 Å². The zero-order valence-corrected chi connectivity index (χ0v) is 10.8. The van der Waals surface area contributed by atoms with Crippen LogP contribution in [0.5, 0.6) is 0 Å². The third kappa shape index (κ3) is 3.12. The molecule has 0 bridgehead atoms. The minimum absolute atomic E-state index is 0.195. The zero-order chi connectivity index (χ0) is 12.3. The molecule has 17 heavy (non-hydrogen) atoms. The zero-order valence-electron chi connectivity index (χ0n) is 9.96. The van der Waals surface area contributed by atoms with Gasteiger partial charge in [0.25, 0.3) is 0 Å². The fourth-order valence-electron chi connectivity index (χ4n) is 2.23. The van der Waals surface area contributed by atoms with Crippen molar-refractivity contribution >= 4 is 16.5 Å². The Hall–Kier alpha value is -0.760. The molecule has 96 valence electrons. The second kappa shape index (κ2) is 5.72. The largest absolute Gasteiger partial charge is 0.393 e. The standard InChI is InChI=1S/C10H19N5OS/c1-7(16)8-2-4-15(5-3-8)6-9-10(12-11)17-14-13-9/h7-8,12,16H,2-6,11H2,1H3. The maximum absolute atomic E-state index is 9.54. The number of nitrogens with one attached hydrogen (secondary N) is 1. The molecule has 6 nitrogen and oxygen atoms in total. The van der Waals surface area contributed by atoms with Crippen LogP contribution in [0.25, 0.3) is 0 Å². The summed E-state index contributed by atoms with van der Waals surface area (Å²) < 4.78 is 3.88. The summed E-state index contributed by atoms with van der Waals surface area (Å²) in [5.74, 6) is 5.83. The third-order valence-corrected chi connectivity index (χ3v) is 4.07. The van der Waals surface area contributed by atoms with Crippen LogP contribution in [0.3, 0.4) is 0 Å². The van der Waals surface area contributed by atoms with Gasteiger partial charge in [0.05, 0.1) is 6.10 Å². The lowest BCUT2D eigenvalue weighted by molar-refractivity contribution is 0.0692. The van der Waals surface area contributed by atoms with Crippen LogP contribution in [0.4, 0.5) is 5.00 Å². The molecule has 1 aromatic heterocycles. The number of aliphatic hydroxyl groups excluding tert-OH is 1. The number of nitrogens with two attached hydrogens (primary N) is 1. The summed E-state index contributed by atoms with van der Waals surface area (Å²) in [4.78, 5) is 2.33. The van der Waals surface area contributed by atoms with Gasteiger partial charge in [-0.3, -0.25) is 4.90 Å². The molecule has 2 rings (SSSR count). The highest BCUT2D eigenvalue weighted by Gasteiger charge is 2.23.